The van der Waals surface area contributed by atoms with E-state index in [4.69, 9.17) is 0 Å². The molecule has 1 heterocycles. The van der Waals surface area contributed by atoms with Crippen LogP contribution in [0.5, 0.6) is 5.75 Å². The Bertz CT molecular complexity index is 1090. The molecule has 4 rings (SSSR count). The van der Waals surface area contributed by atoms with Crippen LogP contribution >= 0.6 is 0 Å². The van der Waals surface area contributed by atoms with Crippen molar-refractivity contribution in [2.75, 3.05) is 5.01 Å². The minimum atomic E-state index is -0.427. The summed E-state index contributed by atoms with van der Waals surface area (Å²) in [6.45, 7) is 0. The van der Waals surface area contributed by atoms with E-state index in [0.29, 0.717) is 5.69 Å². The predicted molar refractivity (Wildman–Crippen MR) is 114 cm³/mol. The number of anilines is 1. The van der Waals surface area contributed by atoms with Crippen LogP contribution in [-0.2, 0) is 0 Å². The van der Waals surface area contributed by atoms with E-state index in [1.807, 2.05) is 41.5 Å². The van der Waals surface area contributed by atoms with Crippen molar-refractivity contribution in [2.45, 2.75) is 0 Å². The lowest BCUT2D eigenvalue weighted by molar-refractivity contribution is -0.377. The molecule has 2 aliphatic rings. The first-order valence-corrected chi connectivity index (χ1v) is 8.89. The van der Waals surface area contributed by atoms with Crippen molar-refractivity contribution in [1.82, 2.24) is 5.43 Å². The molecule has 0 saturated carbocycles. The molecule has 0 spiro atoms. The van der Waals surface area contributed by atoms with Gasteiger partial charge in [0.05, 0.1) is 11.4 Å². The molecule has 0 aromatic heterocycles. The summed E-state index contributed by atoms with van der Waals surface area (Å²) >= 11 is 0. The van der Waals surface area contributed by atoms with Gasteiger partial charge in [-0.25, -0.2) is 0 Å². The number of hydrazine groups is 1. The average molecular weight is 385 g/mol. The molecule has 1 aliphatic heterocycles. The standard InChI is InChI=1S/C22H17N4O3/c27-21-9-5-4-8-20(21)23-14-17-15-25(18-6-2-1-3-7-18)24-22(17)16-10-12-19(13-11-16)26(28)29/h1-15,24H,(H-,27,28,29)/q-1. The Balaban J connectivity index is 1.72. The number of nitrogens with one attached hydrogen (secondary N) is 1. The zero-order chi connectivity index (χ0) is 20.2. The fourth-order valence-electron chi connectivity index (χ4n) is 2.94. The molecule has 0 atom stereocenters. The largest absolute Gasteiger partial charge is 0.612 e. The Morgan fingerprint density at radius 3 is 2.31 bits per heavy atom. The monoisotopic (exact) mass is 385 g/mol. The predicted octanol–water partition coefficient (Wildman–Crippen LogP) is 3.83. The van der Waals surface area contributed by atoms with Crippen molar-refractivity contribution in [3.63, 3.8) is 0 Å². The van der Waals surface area contributed by atoms with Crippen LogP contribution in [0, 0.1) is 10.4 Å². The van der Waals surface area contributed by atoms with E-state index in [0.717, 1.165) is 22.5 Å². The van der Waals surface area contributed by atoms with Gasteiger partial charge < -0.3 is 15.5 Å². The van der Waals surface area contributed by atoms with Crippen LogP contribution in [0.25, 0.3) is 0 Å². The second-order valence-corrected chi connectivity index (χ2v) is 6.33. The quantitative estimate of drug-likeness (QED) is 0.475. The van der Waals surface area contributed by atoms with Gasteiger partial charge in [0.25, 0.3) is 0 Å². The molecule has 0 unspecified atom stereocenters. The number of phenols is 1. The smallest absolute Gasteiger partial charge is 0.222 e. The number of aromatic hydroxyl groups is 1. The fraction of sp³-hybridized carbons (Fsp3) is 0. The molecule has 29 heavy (non-hydrogen) atoms. The Kier molecular flexibility index (Phi) is 4.86. The van der Waals surface area contributed by atoms with Gasteiger partial charge in [-0.3, -0.25) is 15.4 Å². The minimum absolute atomic E-state index is 0.0284. The highest BCUT2D eigenvalue weighted by Crippen LogP contribution is 2.28. The van der Waals surface area contributed by atoms with Crippen LogP contribution in [-0.4, -0.2) is 21.9 Å². The van der Waals surface area contributed by atoms with Crippen LogP contribution in [0.3, 0.4) is 0 Å². The molecule has 0 amide bonds. The lowest BCUT2D eigenvalue weighted by atomic mass is 10.0. The highest BCUT2D eigenvalue weighted by atomic mass is 16.8. The molecular formula is C22H17N4O3-. The third-order valence-electron chi connectivity index (χ3n) is 4.41. The fourth-order valence-corrected chi connectivity index (χ4v) is 2.94. The Labute approximate surface area is 167 Å². The molecule has 7 nitrogen and oxygen atoms in total. The van der Waals surface area contributed by atoms with Crippen LogP contribution in [0.15, 0.2) is 107 Å². The Morgan fingerprint density at radius 2 is 1.62 bits per heavy atom. The number of phenolic OH excluding ortho intramolecular Hbond substituents is 1. The lowest BCUT2D eigenvalue weighted by Crippen LogP contribution is -2.28. The summed E-state index contributed by atoms with van der Waals surface area (Å²) in [4.78, 5) is 3.97. The number of aliphatic imine (C=N–C) groups is 1. The van der Waals surface area contributed by atoms with Crippen LogP contribution < -0.4 is 10.4 Å². The minimum Gasteiger partial charge on any atom is -0.612 e. The summed E-state index contributed by atoms with van der Waals surface area (Å²) in [6.07, 6.45) is 9.85. The van der Waals surface area contributed by atoms with Crippen molar-refractivity contribution >= 4 is 23.3 Å². The van der Waals surface area contributed by atoms with Gasteiger partial charge in [0, 0.05) is 35.7 Å². The SMILES string of the molecule is [O-][N+]([O-])=C1C=CC(=C2NN(c3ccccc3)C=C2C=Nc2ccccc2O)C=C1. The van der Waals surface area contributed by atoms with Gasteiger partial charge in [0.1, 0.15) is 11.4 Å². The summed E-state index contributed by atoms with van der Waals surface area (Å²) in [5, 5.41) is 33.7. The van der Waals surface area contributed by atoms with Crippen molar-refractivity contribution in [1.29, 1.82) is 0 Å². The maximum absolute atomic E-state index is 10.9. The number of hydrogen-bond donors (Lipinski definition) is 2. The first kappa shape index (κ1) is 18.1. The zero-order valence-electron chi connectivity index (χ0n) is 15.3. The Hall–Kier alpha value is -4.26. The van der Waals surface area contributed by atoms with Crippen LogP contribution in [0.4, 0.5) is 11.4 Å². The van der Waals surface area contributed by atoms with Gasteiger partial charge in [-0.2, -0.15) is 4.90 Å². The van der Waals surface area contributed by atoms with E-state index >= 15 is 0 Å². The molecule has 0 saturated heterocycles. The molecular weight excluding hydrogens is 368 g/mol. The summed E-state index contributed by atoms with van der Waals surface area (Å²) in [7, 11) is 0. The summed E-state index contributed by atoms with van der Waals surface area (Å²) in [5.74, 6) is 0.0899. The zero-order valence-corrected chi connectivity index (χ0v) is 15.3. The molecule has 1 aliphatic carbocycles. The molecule has 7 heteroatoms. The average Bonchev–Trinajstić information content (AvgIpc) is 3.18. The lowest BCUT2D eigenvalue weighted by Gasteiger charge is -2.18. The summed E-state index contributed by atoms with van der Waals surface area (Å²) in [5.41, 5.74) is 7.02. The van der Waals surface area contributed by atoms with Gasteiger partial charge in [-0.15, -0.1) is 0 Å². The molecule has 0 fully saturated rings. The van der Waals surface area contributed by atoms with Crippen LogP contribution in [0.2, 0.25) is 0 Å². The summed E-state index contributed by atoms with van der Waals surface area (Å²) in [6, 6.07) is 16.5. The molecule has 2 N–H and O–H groups in total. The van der Waals surface area contributed by atoms with Crippen molar-refractivity contribution in [2.24, 2.45) is 4.99 Å². The number of hydrogen-bond acceptors (Lipinski definition) is 6. The summed E-state index contributed by atoms with van der Waals surface area (Å²) < 4.78 is 0. The van der Waals surface area contributed by atoms with Gasteiger partial charge >= 0.3 is 0 Å². The molecule has 2 aromatic carbocycles. The first-order chi connectivity index (χ1) is 14.1. The van der Waals surface area contributed by atoms with Crippen molar-refractivity contribution < 1.29 is 10.0 Å². The Morgan fingerprint density at radius 1 is 0.931 bits per heavy atom. The topological polar surface area (TPSA) is 97.0 Å². The van der Waals surface area contributed by atoms with Gasteiger partial charge in [0.2, 0.25) is 5.71 Å². The molecule has 0 bridgehead atoms. The van der Waals surface area contributed by atoms with E-state index in [2.05, 4.69) is 10.4 Å². The molecule has 2 aromatic rings. The van der Waals surface area contributed by atoms with E-state index in [1.54, 1.807) is 42.6 Å². The number of benzene rings is 2. The number of para-hydroxylation sites is 3. The third-order valence-corrected chi connectivity index (χ3v) is 4.41. The molecule has 144 valence electrons. The number of allylic oxidation sites excluding steroid dienone is 6. The van der Waals surface area contributed by atoms with Gasteiger partial charge in [-0.1, -0.05) is 30.3 Å². The van der Waals surface area contributed by atoms with Gasteiger partial charge in [-0.05, 0) is 36.4 Å². The number of nitrogens with zero attached hydrogens (tertiary/aromatic N) is 3. The third kappa shape index (κ3) is 3.89. The maximum atomic E-state index is 10.9. The van der Waals surface area contributed by atoms with Crippen LogP contribution in [0.1, 0.15) is 0 Å². The second-order valence-electron chi connectivity index (χ2n) is 6.33. The van der Waals surface area contributed by atoms with E-state index in [9.17, 15) is 15.5 Å². The van der Waals surface area contributed by atoms with Crippen molar-refractivity contribution in [3.05, 3.63) is 112 Å². The van der Waals surface area contributed by atoms with E-state index < -0.39 is 4.90 Å². The maximum Gasteiger partial charge on any atom is 0.222 e. The van der Waals surface area contributed by atoms with E-state index in [-0.39, 0.29) is 11.5 Å². The first-order valence-electron chi connectivity index (χ1n) is 8.89. The van der Waals surface area contributed by atoms with Gasteiger partial charge in [0.15, 0.2) is 0 Å². The normalized spacial score (nSPS) is 15.8. The van der Waals surface area contributed by atoms with E-state index in [1.165, 1.54) is 12.2 Å². The van der Waals surface area contributed by atoms with Crippen molar-refractivity contribution in [3.8, 4) is 5.75 Å². The second kappa shape index (κ2) is 7.77. The number of rotatable bonds is 3. The molecule has 0 radical (unpaired) electrons. The highest BCUT2D eigenvalue weighted by Gasteiger charge is 2.21. The highest BCUT2D eigenvalue weighted by molar-refractivity contribution is 6.03.